The molecule has 0 aliphatic rings. The van der Waals surface area contributed by atoms with Crippen molar-refractivity contribution in [2.24, 2.45) is 0 Å². The van der Waals surface area contributed by atoms with Crippen molar-refractivity contribution >= 4 is 67.9 Å². The predicted molar refractivity (Wildman–Crippen MR) is 35.6 cm³/mol. The van der Waals surface area contributed by atoms with E-state index in [-0.39, 0.29) is 56.9 Å². The fourth-order valence-corrected chi connectivity index (χ4v) is 0. The van der Waals surface area contributed by atoms with Crippen LogP contribution in [0, 0.1) is 0 Å². The second kappa shape index (κ2) is 10.7. The van der Waals surface area contributed by atoms with Crippen molar-refractivity contribution < 1.29 is 38.0 Å². The molecule has 10 heteroatoms. The second-order valence-electron chi connectivity index (χ2n) is 0.730. The monoisotopic (exact) mass is 218 g/mol. The number of carbonyl (C=O) groups is 1. The van der Waals surface area contributed by atoms with Crippen molar-refractivity contribution in [3.8, 4) is 0 Å². The van der Waals surface area contributed by atoms with Gasteiger partial charge in [0.15, 0.2) is 0 Å². The number of rotatable bonds is 0. The van der Waals surface area contributed by atoms with Gasteiger partial charge in [0.25, 0.3) is 0 Å². The molecule has 0 spiro atoms. The molecule has 0 saturated heterocycles. The number of hydrogen-bond acceptors (Lipinski definition) is 3. The van der Waals surface area contributed by atoms with Crippen molar-refractivity contribution in [1.29, 1.82) is 0 Å². The normalized spacial score (nSPS) is 7.45. The van der Waals surface area contributed by atoms with Crippen LogP contribution in [0.2, 0.25) is 0 Å². The Hall–Kier alpha value is 0.736. The van der Waals surface area contributed by atoms with Crippen LogP contribution >= 0.6 is 0 Å². The van der Waals surface area contributed by atoms with Crippen LogP contribution in [-0.2, 0) is 10.4 Å². The van der Waals surface area contributed by atoms with Gasteiger partial charge in [-0.15, -0.1) is 0 Å². The Morgan fingerprint density at radius 1 is 1.09 bits per heavy atom. The molecule has 11 heavy (non-hydrogen) atoms. The molecule has 0 atom stereocenters. The van der Waals surface area contributed by atoms with E-state index in [1.807, 2.05) is 0 Å². The van der Waals surface area contributed by atoms with Gasteiger partial charge in [-0.3, -0.25) is 9.11 Å². The van der Waals surface area contributed by atoms with Crippen LogP contribution in [0.4, 0.5) is 4.79 Å². The van der Waals surface area contributed by atoms with Crippen molar-refractivity contribution in [2.45, 2.75) is 0 Å². The maximum atomic E-state index is 8.74. The van der Waals surface area contributed by atoms with Crippen LogP contribution in [0.3, 0.4) is 0 Å². The summed E-state index contributed by atoms with van der Waals surface area (Å²) in [7, 11) is -4.67. The van der Waals surface area contributed by atoms with E-state index < -0.39 is 16.6 Å². The molecular formula is CH7KO8S. The Morgan fingerprint density at radius 2 is 1.09 bits per heavy atom. The molecule has 0 fully saturated rings. The average molecular weight is 218 g/mol. The second-order valence-corrected chi connectivity index (χ2v) is 1.63. The molecule has 0 bridgehead atoms. The zero-order chi connectivity index (χ0) is 8.08. The van der Waals surface area contributed by atoms with Crippen LogP contribution < -0.4 is 0 Å². The summed E-state index contributed by atoms with van der Waals surface area (Å²) in [4.78, 5) is 8.56. The summed E-state index contributed by atoms with van der Waals surface area (Å²) in [6, 6.07) is 0. The molecule has 0 aliphatic heterocycles. The molecule has 0 amide bonds. The van der Waals surface area contributed by atoms with E-state index in [2.05, 4.69) is 0 Å². The summed E-state index contributed by atoms with van der Waals surface area (Å²) in [6.45, 7) is 0. The Bertz CT molecular complexity index is 157. The van der Waals surface area contributed by atoms with Crippen LogP contribution in [-0.4, -0.2) is 90.8 Å². The van der Waals surface area contributed by atoms with Gasteiger partial charge in [0, 0.05) is 0 Å². The molecular weight excluding hydrogens is 211 g/mol. The van der Waals surface area contributed by atoms with Gasteiger partial charge < -0.3 is 15.7 Å². The van der Waals surface area contributed by atoms with Gasteiger partial charge >= 0.3 is 67.9 Å². The summed E-state index contributed by atoms with van der Waals surface area (Å²) in [5.41, 5.74) is 0. The van der Waals surface area contributed by atoms with Crippen molar-refractivity contribution in [3.05, 3.63) is 0 Å². The van der Waals surface area contributed by atoms with Crippen molar-refractivity contribution in [3.63, 3.8) is 0 Å². The van der Waals surface area contributed by atoms with Gasteiger partial charge in [-0.05, 0) is 0 Å². The fraction of sp³-hybridized carbons (Fsp3) is 0. The van der Waals surface area contributed by atoms with E-state index in [1.54, 1.807) is 0 Å². The van der Waals surface area contributed by atoms with Crippen LogP contribution in [0.5, 0.6) is 0 Å². The third-order valence-electron chi connectivity index (χ3n) is 0. The zero-order valence-corrected chi connectivity index (χ0v) is 5.24. The Kier molecular flexibility index (Phi) is 22.1. The standard InChI is InChI=1S/CH2O3.K.H2O4S.H2O.H/c2-1(3)4;;1-5(2,3)4;;/h(H2,2,3,4);;(H2,1,2,3,4);1H2;. The van der Waals surface area contributed by atoms with Crippen LogP contribution in [0.1, 0.15) is 0 Å². The first-order valence-electron chi connectivity index (χ1n) is 1.35. The minimum atomic E-state index is -4.67. The van der Waals surface area contributed by atoms with Crippen molar-refractivity contribution in [2.75, 3.05) is 0 Å². The molecule has 8 nitrogen and oxygen atoms in total. The van der Waals surface area contributed by atoms with Gasteiger partial charge in [-0.1, -0.05) is 0 Å². The molecule has 0 aromatic rings. The fourth-order valence-electron chi connectivity index (χ4n) is 0. The third kappa shape index (κ3) is 1510. The topological polar surface area (TPSA) is 164 Å². The molecule has 0 aromatic carbocycles. The maximum absolute atomic E-state index is 8.74. The summed E-state index contributed by atoms with van der Waals surface area (Å²) >= 11 is 0. The first kappa shape index (κ1) is 22.6. The van der Waals surface area contributed by atoms with E-state index >= 15 is 0 Å². The SMILES string of the molecule is O.O=C(O)O.O=S(=O)(O)O.[KH]. The quantitative estimate of drug-likeness (QED) is 0.272. The molecule has 0 heterocycles. The first-order chi connectivity index (χ1) is 3.73. The average Bonchev–Trinajstić information content (AvgIpc) is 1.19. The van der Waals surface area contributed by atoms with Gasteiger partial charge in [-0.25, -0.2) is 4.79 Å². The summed E-state index contributed by atoms with van der Waals surface area (Å²) < 4.78 is 31.6. The first-order valence-corrected chi connectivity index (χ1v) is 2.75. The molecule has 0 aliphatic carbocycles. The molecule has 0 radical (unpaired) electrons. The molecule has 6 N–H and O–H groups in total. The van der Waals surface area contributed by atoms with E-state index in [0.717, 1.165) is 0 Å². The van der Waals surface area contributed by atoms with Gasteiger partial charge in [-0.2, -0.15) is 8.42 Å². The van der Waals surface area contributed by atoms with Gasteiger partial charge in [0.1, 0.15) is 0 Å². The van der Waals surface area contributed by atoms with E-state index in [0.29, 0.717) is 0 Å². The molecule has 0 rings (SSSR count). The third-order valence-corrected chi connectivity index (χ3v) is 0. The van der Waals surface area contributed by atoms with E-state index in [9.17, 15) is 0 Å². The number of hydrogen-bond donors (Lipinski definition) is 4. The van der Waals surface area contributed by atoms with E-state index in [4.69, 9.17) is 32.5 Å². The van der Waals surface area contributed by atoms with Gasteiger partial charge in [0.05, 0.1) is 0 Å². The van der Waals surface area contributed by atoms with Crippen LogP contribution in [0.15, 0.2) is 0 Å². The molecule has 0 aromatic heterocycles. The van der Waals surface area contributed by atoms with Gasteiger partial charge in [0.2, 0.25) is 0 Å². The molecule has 66 valence electrons. The zero-order valence-electron chi connectivity index (χ0n) is 4.42. The van der Waals surface area contributed by atoms with Crippen LogP contribution in [0.25, 0.3) is 0 Å². The van der Waals surface area contributed by atoms with Crippen molar-refractivity contribution in [1.82, 2.24) is 0 Å². The Labute approximate surface area is 105 Å². The number of carboxylic acid groups (broad SMARTS) is 2. The Morgan fingerprint density at radius 3 is 1.09 bits per heavy atom. The minimum absolute atomic E-state index is 0. The summed E-state index contributed by atoms with van der Waals surface area (Å²) in [5, 5.41) is 13.9. The molecule has 0 unspecified atom stereocenters. The molecule has 0 saturated carbocycles. The predicted octanol–water partition coefficient (Wildman–Crippen LogP) is -1.90. The summed E-state index contributed by atoms with van der Waals surface area (Å²) in [6.07, 6.45) is -1.83. The summed E-state index contributed by atoms with van der Waals surface area (Å²) in [5.74, 6) is 0. The Balaban J connectivity index is -0.0000000383. The van der Waals surface area contributed by atoms with E-state index in [1.165, 1.54) is 0 Å².